The van der Waals surface area contributed by atoms with E-state index < -0.39 is 5.41 Å². The van der Waals surface area contributed by atoms with Crippen LogP contribution in [0.1, 0.15) is 22.3 Å². The number of benzene rings is 15. The predicted octanol–water partition coefficient (Wildman–Crippen LogP) is 23.9. The Hall–Kier alpha value is -12.7. The van der Waals surface area contributed by atoms with Crippen LogP contribution in [0.3, 0.4) is 0 Å². The third-order valence-electron chi connectivity index (χ3n) is 20.6. The highest BCUT2D eigenvalue weighted by molar-refractivity contribution is 6.15. The lowest BCUT2D eigenvalue weighted by Crippen LogP contribution is -2.33. The van der Waals surface area contributed by atoms with Gasteiger partial charge in [0, 0.05) is 77.8 Å². The summed E-state index contributed by atoms with van der Waals surface area (Å²) < 4.78 is 7.39. The second-order valence-electron chi connectivity index (χ2n) is 25.6. The molecule has 5 heteroatoms. The fourth-order valence-corrected chi connectivity index (χ4v) is 16.5. The molecule has 4 heterocycles. The molecule has 18 aromatic rings. The Kier molecular flexibility index (Phi) is 11.9. The summed E-state index contributed by atoms with van der Waals surface area (Å²) in [6.07, 6.45) is 0. The van der Waals surface area contributed by atoms with Gasteiger partial charge in [-0.2, -0.15) is 0 Å². The number of para-hydroxylation sites is 7. The van der Waals surface area contributed by atoms with E-state index in [1.165, 1.54) is 116 Å². The molecule has 15 aromatic carbocycles. The zero-order valence-corrected chi connectivity index (χ0v) is 52.3. The minimum Gasteiger partial charge on any atom is -0.310 e. The van der Waals surface area contributed by atoms with Crippen molar-refractivity contribution < 1.29 is 0 Å². The fraction of sp³-hybridized carbons (Fsp3) is 0.0110. The maximum atomic E-state index is 2.55. The molecule has 0 saturated carbocycles. The van der Waals surface area contributed by atoms with Gasteiger partial charge >= 0.3 is 0 Å². The van der Waals surface area contributed by atoms with Gasteiger partial charge in [-0.15, -0.1) is 0 Å². The summed E-state index contributed by atoms with van der Waals surface area (Å²) in [5.41, 5.74) is 28.5. The SMILES string of the molecule is c1ccc(-c2ccc(-n3c4ccccc4c4cc(N(c5ccccc5)c5ccc6c(c5)C5(c7cc(N(c8ccccc8)c8ccc9c(c8)c8ccccc8n9-c8ccc(-c9ccccc9)cc8)ccc7-6)c6ccccc6-n6c7ccccc7c7cccc5c76)ccc43)cc2)cc1. The Morgan fingerprint density at radius 2 is 0.562 bits per heavy atom. The van der Waals surface area contributed by atoms with Gasteiger partial charge in [0.1, 0.15) is 0 Å². The summed E-state index contributed by atoms with van der Waals surface area (Å²) in [7, 11) is 0. The van der Waals surface area contributed by atoms with Crippen LogP contribution < -0.4 is 9.80 Å². The third-order valence-corrected chi connectivity index (χ3v) is 20.6. The molecule has 1 aliphatic heterocycles. The van der Waals surface area contributed by atoms with Gasteiger partial charge in [-0.05, 0) is 189 Å². The van der Waals surface area contributed by atoms with Gasteiger partial charge in [0.15, 0.2) is 0 Å². The average molecular weight is 1220 g/mol. The van der Waals surface area contributed by atoms with E-state index in [1.54, 1.807) is 0 Å². The monoisotopic (exact) mass is 1220 g/mol. The summed E-state index contributed by atoms with van der Waals surface area (Å²) in [5, 5.41) is 7.28. The van der Waals surface area contributed by atoms with Crippen molar-refractivity contribution in [2.75, 3.05) is 9.80 Å². The van der Waals surface area contributed by atoms with Crippen molar-refractivity contribution >= 4 is 99.5 Å². The van der Waals surface area contributed by atoms with E-state index in [0.29, 0.717) is 0 Å². The molecule has 448 valence electrons. The van der Waals surface area contributed by atoms with Crippen LogP contribution in [0.5, 0.6) is 0 Å². The second kappa shape index (κ2) is 21.2. The average Bonchev–Trinajstić information content (AvgIpc) is 1.47. The Morgan fingerprint density at radius 3 is 1.05 bits per heavy atom. The first-order valence-corrected chi connectivity index (χ1v) is 33.1. The maximum Gasteiger partial charge on any atom is 0.0756 e. The van der Waals surface area contributed by atoms with Crippen LogP contribution in [-0.4, -0.2) is 13.7 Å². The van der Waals surface area contributed by atoms with Gasteiger partial charge in [0.2, 0.25) is 0 Å². The van der Waals surface area contributed by atoms with Gasteiger partial charge < -0.3 is 23.5 Å². The Balaban J connectivity index is 0.792. The Morgan fingerprint density at radius 1 is 0.208 bits per heavy atom. The molecule has 0 atom stereocenters. The van der Waals surface area contributed by atoms with Crippen LogP contribution >= 0.6 is 0 Å². The van der Waals surface area contributed by atoms with Crippen molar-refractivity contribution in [2.24, 2.45) is 0 Å². The van der Waals surface area contributed by atoms with E-state index in [-0.39, 0.29) is 0 Å². The number of hydrogen-bond acceptors (Lipinski definition) is 2. The van der Waals surface area contributed by atoms with Crippen LogP contribution in [0.2, 0.25) is 0 Å². The smallest absolute Gasteiger partial charge is 0.0756 e. The summed E-state index contributed by atoms with van der Waals surface area (Å²) in [6, 6.07) is 133. The van der Waals surface area contributed by atoms with Crippen molar-refractivity contribution in [3.8, 4) is 50.4 Å². The van der Waals surface area contributed by atoms with E-state index in [9.17, 15) is 0 Å². The van der Waals surface area contributed by atoms with Crippen molar-refractivity contribution in [1.82, 2.24) is 13.7 Å². The topological polar surface area (TPSA) is 21.3 Å². The second-order valence-corrected chi connectivity index (χ2v) is 25.6. The third kappa shape index (κ3) is 7.92. The van der Waals surface area contributed by atoms with Gasteiger partial charge in [-0.1, -0.05) is 224 Å². The first-order valence-electron chi connectivity index (χ1n) is 33.1. The van der Waals surface area contributed by atoms with E-state index >= 15 is 0 Å². The quantitative estimate of drug-likeness (QED) is 0.136. The molecule has 2 aliphatic rings. The molecule has 20 rings (SSSR count). The minimum absolute atomic E-state index is 0.775. The molecule has 0 amide bonds. The molecular weight excluding hydrogens is 1160 g/mol. The lowest BCUT2D eigenvalue weighted by Gasteiger charge is -2.40. The summed E-state index contributed by atoms with van der Waals surface area (Å²) >= 11 is 0. The van der Waals surface area contributed by atoms with E-state index in [0.717, 1.165) is 56.5 Å². The van der Waals surface area contributed by atoms with E-state index in [1.807, 2.05) is 0 Å². The van der Waals surface area contributed by atoms with E-state index in [2.05, 4.69) is 381 Å². The highest BCUT2D eigenvalue weighted by Gasteiger charge is 2.51. The molecule has 3 aromatic heterocycles. The largest absolute Gasteiger partial charge is 0.310 e. The van der Waals surface area contributed by atoms with Gasteiger partial charge in [0.25, 0.3) is 0 Å². The molecule has 0 saturated heterocycles. The number of rotatable bonds is 10. The normalized spacial score (nSPS) is 12.7. The lowest BCUT2D eigenvalue weighted by atomic mass is 9.65. The van der Waals surface area contributed by atoms with Crippen LogP contribution in [0.25, 0.3) is 116 Å². The zero-order valence-electron chi connectivity index (χ0n) is 52.3. The molecule has 96 heavy (non-hydrogen) atoms. The molecule has 0 radical (unpaired) electrons. The molecule has 1 aliphatic carbocycles. The lowest BCUT2D eigenvalue weighted by molar-refractivity contribution is 0.748. The summed E-state index contributed by atoms with van der Waals surface area (Å²) in [6.45, 7) is 0. The summed E-state index contributed by atoms with van der Waals surface area (Å²) in [4.78, 5) is 4.94. The summed E-state index contributed by atoms with van der Waals surface area (Å²) in [5.74, 6) is 0. The molecule has 0 fully saturated rings. The van der Waals surface area contributed by atoms with Crippen molar-refractivity contribution in [2.45, 2.75) is 5.41 Å². The standard InChI is InChI=1S/C91H59N5/c1-5-22-60(23-6-1)62-40-44-66(45-41-62)94-84-36-17-14-31-75(84)78-56-68(50-54-87(78)94)92(64-26-9-3-10-27-64)70-48-52-72-73-53-49-71(59-83(73)91(82(72)58-70)80-34-16-20-39-89(80)96-86-38-19-13-30-74(86)77-33-21-35-81(91)90(77)96)93(65-28-11-4-12-29-65)69-51-55-88-79(57-69)76-32-15-18-37-85(76)95(88)67-46-42-63(43-47-67)61-24-7-2-8-25-61/h1-59H. The first-order chi connectivity index (χ1) is 47.6. The first kappa shape index (κ1) is 53.9. The number of anilines is 6. The Labute approximate surface area is 555 Å². The number of nitrogens with zero attached hydrogens (tertiary/aromatic N) is 5. The molecule has 0 bridgehead atoms. The number of aromatic nitrogens is 3. The van der Waals surface area contributed by atoms with Gasteiger partial charge in [0.05, 0.1) is 44.2 Å². The predicted molar refractivity (Wildman–Crippen MR) is 401 cm³/mol. The Bertz CT molecular complexity index is 5830. The van der Waals surface area contributed by atoms with Crippen LogP contribution in [-0.2, 0) is 5.41 Å². The highest BCUT2D eigenvalue weighted by Crippen LogP contribution is 2.63. The molecule has 5 nitrogen and oxygen atoms in total. The number of fused-ring (bicyclic) bond motifs is 18. The molecule has 1 spiro atoms. The fourth-order valence-electron chi connectivity index (χ4n) is 16.5. The van der Waals surface area contributed by atoms with Crippen molar-refractivity contribution in [3.05, 3.63) is 380 Å². The number of hydrogen-bond donors (Lipinski definition) is 0. The minimum atomic E-state index is -0.775. The highest BCUT2D eigenvalue weighted by atomic mass is 15.2. The van der Waals surface area contributed by atoms with Crippen molar-refractivity contribution in [1.29, 1.82) is 0 Å². The molecular formula is C91H59N5. The van der Waals surface area contributed by atoms with Crippen LogP contribution in [0.15, 0.2) is 358 Å². The maximum absolute atomic E-state index is 2.55. The van der Waals surface area contributed by atoms with E-state index in [4.69, 9.17) is 0 Å². The van der Waals surface area contributed by atoms with Gasteiger partial charge in [-0.25, -0.2) is 0 Å². The van der Waals surface area contributed by atoms with Crippen molar-refractivity contribution in [3.63, 3.8) is 0 Å². The van der Waals surface area contributed by atoms with Crippen LogP contribution in [0.4, 0.5) is 34.1 Å². The molecule has 0 N–H and O–H groups in total. The van der Waals surface area contributed by atoms with Gasteiger partial charge in [-0.3, -0.25) is 0 Å². The zero-order chi connectivity index (χ0) is 63.0. The van der Waals surface area contributed by atoms with Crippen LogP contribution in [0, 0.1) is 0 Å². The molecule has 0 unspecified atom stereocenters.